The van der Waals surface area contributed by atoms with Crippen molar-refractivity contribution in [1.82, 2.24) is 5.32 Å². The van der Waals surface area contributed by atoms with Crippen LogP contribution < -0.4 is 5.32 Å². The van der Waals surface area contributed by atoms with Gasteiger partial charge >= 0.3 is 0 Å². The Bertz CT molecular complexity index is 320. The number of nitrogens with one attached hydrogen (secondary N) is 1. The van der Waals surface area contributed by atoms with Gasteiger partial charge in [0.15, 0.2) is 0 Å². The minimum Gasteiger partial charge on any atom is -0.313 e. The van der Waals surface area contributed by atoms with Crippen molar-refractivity contribution in [1.29, 1.82) is 0 Å². The van der Waals surface area contributed by atoms with Gasteiger partial charge in [0.2, 0.25) is 0 Å². The lowest BCUT2D eigenvalue weighted by atomic mass is 9.96. The third kappa shape index (κ3) is 3.31. The Labute approximate surface area is 91.7 Å². The number of halogens is 1. The monoisotopic (exact) mass is 209 g/mol. The molecule has 0 spiro atoms. The fourth-order valence-electron chi connectivity index (χ4n) is 1.72. The summed E-state index contributed by atoms with van der Waals surface area (Å²) >= 11 is 0. The van der Waals surface area contributed by atoms with Gasteiger partial charge in [0, 0.05) is 6.04 Å². The van der Waals surface area contributed by atoms with Gasteiger partial charge in [-0.3, -0.25) is 0 Å². The Balaban J connectivity index is 2.87. The van der Waals surface area contributed by atoms with E-state index in [4.69, 9.17) is 0 Å². The smallest absolute Gasteiger partial charge is 0.126 e. The summed E-state index contributed by atoms with van der Waals surface area (Å²) in [6.45, 7) is 6.14. The number of hydrogen-bond donors (Lipinski definition) is 1. The average molecular weight is 209 g/mol. The third-order valence-electron chi connectivity index (χ3n) is 2.65. The predicted molar refractivity (Wildman–Crippen MR) is 62.4 cm³/mol. The highest BCUT2D eigenvalue weighted by molar-refractivity contribution is 5.25. The highest BCUT2D eigenvalue weighted by Crippen LogP contribution is 2.22. The van der Waals surface area contributed by atoms with Crippen LogP contribution in [0.4, 0.5) is 4.39 Å². The van der Waals surface area contributed by atoms with E-state index in [-0.39, 0.29) is 11.9 Å². The van der Waals surface area contributed by atoms with Crippen LogP contribution in [0, 0.1) is 18.7 Å². The lowest BCUT2D eigenvalue weighted by molar-refractivity contribution is 0.454. The summed E-state index contributed by atoms with van der Waals surface area (Å²) in [6.07, 6.45) is 1.03. The van der Waals surface area contributed by atoms with Crippen molar-refractivity contribution in [2.45, 2.75) is 33.2 Å². The van der Waals surface area contributed by atoms with Crippen LogP contribution in [-0.4, -0.2) is 7.05 Å². The van der Waals surface area contributed by atoms with Crippen LogP contribution in [0.2, 0.25) is 0 Å². The summed E-state index contributed by atoms with van der Waals surface area (Å²) in [7, 11) is 1.92. The summed E-state index contributed by atoms with van der Waals surface area (Å²) in [6, 6.07) is 5.73. The van der Waals surface area contributed by atoms with Gasteiger partial charge in [-0.1, -0.05) is 26.0 Å². The average Bonchev–Trinajstić information content (AvgIpc) is 2.18. The molecule has 1 unspecified atom stereocenters. The van der Waals surface area contributed by atoms with Crippen LogP contribution in [0.1, 0.15) is 37.4 Å². The number of rotatable bonds is 4. The molecule has 0 saturated heterocycles. The highest BCUT2D eigenvalue weighted by atomic mass is 19.1. The van der Waals surface area contributed by atoms with Gasteiger partial charge < -0.3 is 5.32 Å². The molecule has 0 aromatic heterocycles. The zero-order chi connectivity index (χ0) is 11.4. The number of benzene rings is 1. The molecule has 1 N–H and O–H groups in total. The fraction of sp³-hybridized carbons (Fsp3) is 0.538. The number of aryl methyl sites for hydroxylation is 1. The van der Waals surface area contributed by atoms with E-state index in [0.29, 0.717) is 11.5 Å². The molecule has 0 amide bonds. The Morgan fingerprint density at radius 3 is 2.47 bits per heavy atom. The molecule has 0 aliphatic rings. The molecule has 1 atom stereocenters. The van der Waals surface area contributed by atoms with E-state index >= 15 is 0 Å². The molecule has 1 aromatic rings. The molecule has 1 nitrogen and oxygen atoms in total. The van der Waals surface area contributed by atoms with Gasteiger partial charge in [-0.05, 0) is 43.5 Å². The van der Waals surface area contributed by atoms with E-state index in [1.165, 1.54) is 0 Å². The molecular weight excluding hydrogens is 189 g/mol. The van der Waals surface area contributed by atoms with Gasteiger partial charge in [0.25, 0.3) is 0 Å². The predicted octanol–water partition coefficient (Wildman–Crippen LogP) is 3.44. The molecule has 0 heterocycles. The Morgan fingerprint density at radius 2 is 2.00 bits per heavy atom. The van der Waals surface area contributed by atoms with Crippen LogP contribution in [0.25, 0.3) is 0 Å². The topological polar surface area (TPSA) is 12.0 Å². The van der Waals surface area contributed by atoms with Crippen LogP contribution in [0.5, 0.6) is 0 Å². The summed E-state index contributed by atoms with van der Waals surface area (Å²) in [5.41, 5.74) is 1.74. The molecule has 0 saturated carbocycles. The van der Waals surface area contributed by atoms with Crippen molar-refractivity contribution >= 4 is 0 Å². The normalized spacial score (nSPS) is 13.2. The van der Waals surface area contributed by atoms with E-state index in [2.05, 4.69) is 19.2 Å². The number of hydrogen-bond acceptors (Lipinski definition) is 1. The van der Waals surface area contributed by atoms with Crippen molar-refractivity contribution < 1.29 is 4.39 Å². The first kappa shape index (κ1) is 12.2. The molecular formula is C13H20FN. The lowest BCUT2D eigenvalue weighted by Gasteiger charge is -2.19. The molecule has 0 fully saturated rings. The molecule has 0 aliphatic carbocycles. The Kier molecular flexibility index (Phi) is 4.28. The molecule has 0 bridgehead atoms. The third-order valence-corrected chi connectivity index (χ3v) is 2.65. The summed E-state index contributed by atoms with van der Waals surface area (Å²) in [4.78, 5) is 0. The fourth-order valence-corrected chi connectivity index (χ4v) is 1.72. The van der Waals surface area contributed by atoms with Gasteiger partial charge in [-0.15, -0.1) is 0 Å². The summed E-state index contributed by atoms with van der Waals surface area (Å²) in [5, 5.41) is 3.23. The zero-order valence-corrected chi connectivity index (χ0v) is 9.97. The maximum atomic E-state index is 13.4. The first-order valence-electron chi connectivity index (χ1n) is 5.48. The highest BCUT2D eigenvalue weighted by Gasteiger charge is 2.12. The summed E-state index contributed by atoms with van der Waals surface area (Å²) in [5.74, 6) is 0.489. The van der Waals surface area contributed by atoms with Crippen molar-refractivity contribution in [3.63, 3.8) is 0 Å². The quantitative estimate of drug-likeness (QED) is 0.801. The van der Waals surface area contributed by atoms with E-state index in [1.807, 2.05) is 19.2 Å². The Morgan fingerprint density at radius 1 is 1.33 bits per heavy atom. The zero-order valence-electron chi connectivity index (χ0n) is 9.97. The van der Waals surface area contributed by atoms with Crippen LogP contribution >= 0.6 is 0 Å². The van der Waals surface area contributed by atoms with Gasteiger partial charge in [-0.2, -0.15) is 0 Å². The van der Waals surface area contributed by atoms with E-state index in [9.17, 15) is 4.39 Å². The van der Waals surface area contributed by atoms with Crippen molar-refractivity contribution in [2.75, 3.05) is 7.05 Å². The molecule has 15 heavy (non-hydrogen) atoms. The van der Waals surface area contributed by atoms with Gasteiger partial charge in [0.1, 0.15) is 5.82 Å². The second-order valence-electron chi connectivity index (χ2n) is 4.48. The molecule has 0 aliphatic heterocycles. The van der Waals surface area contributed by atoms with Crippen molar-refractivity contribution in [2.24, 2.45) is 5.92 Å². The van der Waals surface area contributed by atoms with E-state index in [1.54, 1.807) is 13.0 Å². The first-order chi connectivity index (χ1) is 7.04. The molecule has 0 radical (unpaired) electrons. The van der Waals surface area contributed by atoms with Gasteiger partial charge in [0.05, 0.1) is 0 Å². The second-order valence-corrected chi connectivity index (χ2v) is 4.48. The minimum absolute atomic E-state index is 0.114. The van der Waals surface area contributed by atoms with Crippen LogP contribution in [0.3, 0.4) is 0 Å². The molecule has 2 heteroatoms. The largest absolute Gasteiger partial charge is 0.313 e. The maximum absolute atomic E-state index is 13.4. The summed E-state index contributed by atoms with van der Waals surface area (Å²) < 4.78 is 13.4. The van der Waals surface area contributed by atoms with E-state index < -0.39 is 0 Å². The molecule has 1 rings (SSSR count). The van der Waals surface area contributed by atoms with Crippen molar-refractivity contribution in [3.05, 3.63) is 35.1 Å². The van der Waals surface area contributed by atoms with Crippen LogP contribution in [-0.2, 0) is 0 Å². The molecule has 84 valence electrons. The van der Waals surface area contributed by atoms with Crippen molar-refractivity contribution in [3.8, 4) is 0 Å². The van der Waals surface area contributed by atoms with Gasteiger partial charge in [-0.25, -0.2) is 4.39 Å². The second kappa shape index (κ2) is 5.26. The standard InChI is InChI=1S/C13H20FN/c1-9(2)7-13(15-4)11-6-5-10(3)12(14)8-11/h5-6,8-9,13,15H,7H2,1-4H3. The maximum Gasteiger partial charge on any atom is 0.126 e. The SMILES string of the molecule is CNC(CC(C)C)c1ccc(C)c(F)c1. The lowest BCUT2D eigenvalue weighted by Crippen LogP contribution is -2.18. The Hall–Kier alpha value is -0.890. The minimum atomic E-state index is -0.114. The molecule has 1 aromatic carbocycles. The van der Waals surface area contributed by atoms with Crippen LogP contribution in [0.15, 0.2) is 18.2 Å². The first-order valence-corrected chi connectivity index (χ1v) is 5.48. The van der Waals surface area contributed by atoms with E-state index in [0.717, 1.165) is 12.0 Å².